The predicted octanol–water partition coefficient (Wildman–Crippen LogP) is 3.05. The van der Waals surface area contributed by atoms with Gasteiger partial charge in [0, 0.05) is 0 Å². The van der Waals surface area contributed by atoms with Crippen LogP contribution in [-0.4, -0.2) is 16.2 Å². The van der Waals surface area contributed by atoms with Crippen LogP contribution in [0.1, 0.15) is 5.56 Å². The largest absolute Gasteiger partial charge is 0.540 e. The van der Waals surface area contributed by atoms with Gasteiger partial charge in [-0.25, -0.2) is 0 Å². The van der Waals surface area contributed by atoms with Gasteiger partial charge in [-0.3, -0.25) is 0 Å². The van der Waals surface area contributed by atoms with Gasteiger partial charge in [-0.05, 0) is 37.2 Å². The molecule has 0 N–H and O–H groups in total. The van der Waals surface area contributed by atoms with E-state index in [1.165, 1.54) is 5.56 Å². The fraction of sp³-hybridized carbons (Fsp3) is 0.333. The highest BCUT2D eigenvalue weighted by molar-refractivity contribution is 6.49. The number of rotatable bonds is 5. The van der Waals surface area contributed by atoms with Crippen LogP contribution in [0.15, 0.2) is 30.9 Å². The van der Waals surface area contributed by atoms with Crippen molar-refractivity contribution in [2.75, 3.05) is 7.11 Å². The molecular formula is C12H17O2Si. The number of ether oxygens (including phenoxy) is 1. The molecule has 0 aliphatic carbocycles. The Balaban J connectivity index is 2.92. The third-order valence-electron chi connectivity index (χ3n) is 1.92. The highest BCUT2D eigenvalue weighted by Crippen LogP contribution is 2.28. The Bertz CT molecular complexity index is 334. The van der Waals surface area contributed by atoms with E-state index in [-0.39, 0.29) is 0 Å². The number of hydrogen-bond acceptors (Lipinski definition) is 2. The zero-order valence-electron chi connectivity index (χ0n) is 9.54. The summed E-state index contributed by atoms with van der Waals surface area (Å²) in [6.07, 6.45) is 2.73. The molecule has 0 atom stereocenters. The maximum atomic E-state index is 5.72. The van der Waals surface area contributed by atoms with Crippen molar-refractivity contribution >= 4 is 9.04 Å². The smallest absolute Gasteiger partial charge is 0.274 e. The Morgan fingerprint density at radius 3 is 2.60 bits per heavy atom. The van der Waals surface area contributed by atoms with Crippen LogP contribution in [0.25, 0.3) is 0 Å². The Kier molecular flexibility index (Phi) is 4.43. The van der Waals surface area contributed by atoms with Crippen LogP contribution in [0.5, 0.6) is 11.5 Å². The minimum atomic E-state index is -0.744. The summed E-state index contributed by atoms with van der Waals surface area (Å²) < 4.78 is 11.0. The van der Waals surface area contributed by atoms with Crippen molar-refractivity contribution in [2.45, 2.75) is 19.5 Å². The van der Waals surface area contributed by atoms with Crippen molar-refractivity contribution in [1.29, 1.82) is 0 Å². The molecule has 3 heteroatoms. The third kappa shape index (κ3) is 3.44. The highest BCUT2D eigenvalue weighted by atomic mass is 28.3. The van der Waals surface area contributed by atoms with Crippen molar-refractivity contribution in [3.8, 4) is 11.5 Å². The molecule has 0 aliphatic heterocycles. The lowest BCUT2D eigenvalue weighted by Gasteiger charge is -2.13. The number of methoxy groups -OCH3 is 1. The predicted molar refractivity (Wildman–Crippen MR) is 65.0 cm³/mol. The second kappa shape index (κ2) is 5.61. The van der Waals surface area contributed by atoms with E-state index < -0.39 is 9.04 Å². The number of benzene rings is 1. The average molecular weight is 221 g/mol. The number of hydrogen-bond donors (Lipinski definition) is 0. The van der Waals surface area contributed by atoms with Crippen molar-refractivity contribution < 1.29 is 9.16 Å². The topological polar surface area (TPSA) is 18.5 Å². The molecule has 0 saturated carbocycles. The molecule has 1 radical (unpaired) electrons. The molecular weight excluding hydrogens is 204 g/mol. The Morgan fingerprint density at radius 2 is 2.07 bits per heavy atom. The summed E-state index contributed by atoms with van der Waals surface area (Å²) in [7, 11) is 0.921. The molecule has 1 rings (SSSR count). The molecule has 2 nitrogen and oxygen atoms in total. The highest BCUT2D eigenvalue weighted by Gasteiger charge is 2.07. The van der Waals surface area contributed by atoms with Crippen LogP contribution in [0.4, 0.5) is 0 Å². The summed E-state index contributed by atoms with van der Waals surface area (Å²) in [5, 5.41) is 0. The lowest BCUT2D eigenvalue weighted by atomic mass is 10.1. The van der Waals surface area contributed by atoms with Gasteiger partial charge in [-0.15, -0.1) is 6.58 Å². The zero-order chi connectivity index (χ0) is 11.3. The molecule has 1 aromatic carbocycles. The Morgan fingerprint density at radius 1 is 1.33 bits per heavy atom. The molecule has 0 saturated heterocycles. The van der Waals surface area contributed by atoms with Crippen LogP contribution < -0.4 is 9.16 Å². The quantitative estimate of drug-likeness (QED) is 0.562. The first-order chi connectivity index (χ1) is 7.17. The first-order valence-electron chi connectivity index (χ1n) is 4.93. The monoisotopic (exact) mass is 221 g/mol. The van der Waals surface area contributed by atoms with Gasteiger partial charge >= 0.3 is 0 Å². The van der Waals surface area contributed by atoms with E-state index in [1.54, 1.807) is 7.11 Å². The van der Waals surface area contributed by atoms with Gasteiger partial charge in [0.1, 0.15) is 5.75 Å². The molecule has 15 heavy (non-hydrogen) atoms. The summed E-state index contributed by atoms with van der Waals surface area (Å²) in [6, 6.07) is 6.02. The van der Waals surface area contributed by atoms with Gasteiger partial charge in [0.2, 0.25) is 0 Å². The number of allylic oxidation sites excluding steroid dienone is 1. The van der Waals surface area contributed by atoms with Crippen LogP contribution in [-0.2, 0) is 6.42 Å². The lowest BCUT2D eigenvalue weighted by molar-refractivity contribution is 0.394. The van der Waals surface area contributed by atoms with E-state index in [0.29, 0.717) is 0 Å². The molecule has 81 valence electrons. The zero-order valence-corrected chi connectivity index (χ0v) is 10.5. The minimum absolute atomic E-state index is 0.744. The van der Waals surface area contributed by atoms with Gasteiger partial charge in [0.05, 0.1) is 7.11 Å². The van der Waals surface area contributed by atoms with E-state index >= 15 is 0 Å². The maximum Gasteiger partial charge on any atom is 0.274 e. The fourth-order valence-electron chi connectivity index (χ4n) is 1.31. The minimum Gasteiger partial charge on any atom is -0.540 e. The average Bonchev–Trinajstić information content (AvgIpc) is 2.20. The molecule has 0 aromatic heterocycles. The molecule has 0 aliphatic rings. The van der Waals surface area contributed by atoms with E-state index in [9.17, 15) is 0 Å². The van der Waals surface area contributed by atoms with Crippen LogP contribution in [0.2, 0.25) is 13.1 Å². The lowest BCUT2D eigenvalue weighted by Crippen LogP contribution is -2.11. The Labute approximate surface area is 93.3 Å². The molecule has 0 amide bonds. The first kappa shape index (κ1) is 11.8. The second-order valence-electron chi connectivity index (χ2n) is 3.49. The van der Waals surface area contributed by atoms with Crippen molar-refractivity contribution in [3.05, 3.63) is 36.4 Å². The standard InChI is InChI=1S/C12H17O2Si/c1-5-6-10-7-8-11(14-15(3)4)12(9-10)13-2/h5,7-9H,1,6H2,2-4H3. The molecule has 1 aromatic rings. The van der Waals surface area contributed by atoms with Gasteiger partial charge in [0.15, 0.2) is 5.75 Å². The van der Waals surface area contributed by atoms with Gasteiger partial charge in [-0.1, -0.05) is 12.1 Å². The molecule has 0 heterocycles. The van der Waals surface area contributed by atoms with Gasteiger partial charge < -0.3 is 9.16 Å². The summed E-state index contributed by atoms with van der Waals surface area (Å²) >= 11 is 0. The Hall–Kier alpha value is -1.22. The molecule has 0 spiro atoms. The molecule has 0 unspecified atom stereocenters. The maximum absolute atomic E-state index is 5.72. The van der Waals surface area contributed by atoms with E-state index in [2.05, 4.69) is 19.7 Å². The molecule has 0 fully saturated rings. The van der Waals surface area contributed by atoms with Crippen molar-refractivity contribution in [1.82, 2.24) is 0 Å². The van der Waals surface area contributed by atoms with Crippen LogP contribution >= 0.6 is 0 Å². The van der Waals surface area contributed by atoms with Crippen LogP contribution in [0, 0.1) is 0 Å². The van der Waals surface area contributed by atoms with Crippen molar-refractivity contribution in [3.63, 3.8) is 0 Å². The van der Waals surface area contributed by atoms with Crippen molar-refractivity contribution in [2.24, 2.45) is 0 Å². The summed E-state index contributed by atoms with van der Waals surface area (Å²) in [4.78, 5) is 0. The summed E-state index contributed by atoms with van der Waals surface area (Å²) in [5.41, 5.74) is 1.19. The summed E-state index contributed by atoms with van der Waals surface area (Å²) in [6.45, 7) is 7.91. The SMILES string of the molecule is C=CCc1ccc(O[Si](C)C)c(OC)c1. The fourth-order valence-corrected chi connectivity index (χ4v) is 1.92. The van der Waals surface area contributed by atoms with E-state index in [1.807, 2.05) is 24.3 Å². The molecule has 0 bridgehead atoms. The first-order valence-corrected chi connectivity index (χ1v) is 7.34. The van der Waals surface area contributed by atoms with E-state index in [0.717, 1.165) is 17.9 Å². The van der Waals surface area contributed by atoms with Crippen LogP contribution in [0.3, 0.4) is 0 Å². The summed E-state index contributed by atoms with van der Waals surface area (Å²) in [5.74, 6) is 1.64. The third-order valence-corrected chi connectivity index (χ3v) is 2.55. The normalized spacial score (nSPS) is 10.1. The van der Waals surface area contributed by atoms with E-state index in [4.69, 9.17) is 9.16 Å². The van der Waals surface area contributed by atoms with Gasteiger partial charge in [-0.2, -0.15) is 0 Å². The van der Waals surface area contributed by atoms with Gasteiger partial charge in [0.25, 0.3) is 9.04 Å². The second-order valence-corrected chi connectivity index (χ2v) is 5.51.